The molecule has 2 aliphatic rings. The molecule has 20 heavy (non-hydrogen) atoms. The van der Waals surface area contributed by atoms with E-state index in [-0.39, 0.29) is 0 Å². The van der Waals surface area contributed by atoms with Gasteiger partial charge in [-0.05, 0) is 31.6 Å². The van der Waals surface area contributed by atoms with E-state index in [1.165, 1.54) is 62.7 Å². The summed E-state index contributed by atoms with van der Waals surface area (Å²) in [5.41, 5.74) is 13.4. The van der Waals surface area contributed by atoms with Crippen LogP contribution >= 0.6 is 11.3 Å². The van der Waals surface area contributed by atoms with Crippen molar-refractivity contribution in [3.05, 3.63) is 10.4 Å². The van der Waals surface area contributed by atoms with Crippen molar-refractivity contribution in [2.45, 2.75) is 63.3 Å². The highest BCUT2D eigenvalue weighted by Crippen LogP contribution is 2.51. The van der Waals surface area contributed by atoms with Crippen molar-refractivity contribution in [2.75, 3.05) is 11.1 Å². The van der Waals surface area contributed by atoms with Crippen LogP contribution < -0.4 is 16.8 Å². The Morgan fingerprint density at radius 3 is 2.30 bits per heavy atom. The number of carbonyl (C=O) groups excluding carboxylic acids is 1. The molecular weight excluding hydrogens is 270 g/mol. The number of amides is 1. The highest BCUT2D eigenvalue weighted by Gasteiger charge is 2.33. The van der Waals surface area contributed by atoms with Crippen LogP contribution in [0.1, 0.15) is 72.5 Å². The highest BCUT2D eigenvalue weighted by molar-refractivity contribution is 7.18. The number of nitrogen functional groups attached to an aromatic ring is 1. The molecule has 0 aliphatic heterocycles. The summed E-state index contributed by atoms with van der Waals surface area (Å²) in [7, 11) is 0. The van der Waals surface area contributed by atoms with Crippen molar-refractivity contribution in [1.29, 1.82) is 0 Å². The molecule has 5 heteroatoms. The first-order chi connectivity index (χ1) is 9.66. The molecule has 110 valence electrons. The van der Waals surface area contributed by atoms with E-state index in [2.05, 4.69) is 5.32 Å². The molecule has 0 unspecified atom stereocenters. The first-order valence-electron chi connectivity index (χ1n) is 7.65. The SMILES string of the molecule is NC(=O)c1sc(NC2CCCCCC2)c(C2CC2)c1N. The van der Waals surface area contributed by atoms with Crippen molar-refractivity contribution < 1.29 is 4.79 Å². The zero-order valence-corrected chi connectivity index (χ0v) is 12.6. The summed E-state index contributed by atoms with van der Waals surface area (Å²) >= 11 is 1.45. The van der Waals surface area contributed by atoms with Crippen molar-refractivity contribution in [2.24, 2.45) is 5.73 Å². The van der Waals surface area contributed by atoms with E-state index >= 15 is 0 Å². The second-order valence-electron chi connectivity index (χ2n) is 6.06. The van der Waals surface area contributed by atoms with E-state index in [4.69, 9.17) is 11.5 Å². The van der Waals surface area contributed by atoms with Crippen molar-refractivity contribution in [3.63, 3.8) is 0 Å². The molecule has 0 radical (unpaired) electrons. The minimum atomic E-state index is -0.400. The maximum atomic E-state index is 11.5. The summed E-state index contributed by atoms with van der Waals surface area (Å²) in [6, 6.07) is 0.522. The molecule has 0 aromatic carbocycles. The maximum absolute atomic E-state index is 11.5. The number of rotatable bonds is 4. The van der Waals surface area contributed by atoms with Crippen LogP contribution in [0.4, 0.5) is 10.7 Å². The minimum Gasteiger partial charge on any atom is -0.397 e. The molecule has 0 atom stereocenters. The van der Waals surface area contributed by atoms with Crippen LogP contribution in [0.5, 0.6) is 0 Å². The third-order valence-corrected chi connectivity index (χ3v) is 5.55. The van der Waals surface area contributed by atoms with Crippen molar-refractivity contribution >= 4 is 27.9 Å². The molecule has 4 nitrogen and oxygen atoms in total. The van der Waals surface area contributed by atoms with Gasteiger partial charge in [-0.1, -0.05) is 25.7 Å². The second kappa shape index (κ2) is 5.64. The predicted octanol–water partition coefficient (Wildman–Crippen LogP) is 3.44. The normalized spacial score (nSPS) is 20.6. The molecule has 2 fully saturated rings. The van der Waals surface area contributed by atoms with E-state index in [9.17, 15) is 4.79 Å². The Labute approximate surface area is 123 Å². The number of nitrogens with one attached hydrogen (secondary N) is 1. The Hall–Kier alpha value is -1.23. The lowest BCUT2D eigenvalue weighted by molar-refractivity contribution is 0.100. The van der Waals surface area contributed by atoms with Gasteiger partial charge >= 0.3 is 0 Å². The van der Waals surface area contributed by atoms with Crippen LogP contribution in [0, 0.1) is 0 Å². The third-order valence-electron chi connectivity index (χ3n) is 4.38. The van der Waals surface area contributed by atoms with Gasteiger partial charge in [0.25, 0.3) is 5.91 Å². The van der Waals surface area contributed by atoms with Crippen LogP contribution in [0.15, 0.2) is 0 Å². The van der Waals surface area contributed by atoms with Crippen LogP contribution in [0.25, 0.3) is 0 Å². The van der Waals surface area contributed by atoms with Gasteiger partial charge in [0.15, 0.2) is 0 Å². The zero-order valence-electron chi connectivity index (χ0n) is 11.8. The van der Waals surface area contributed by atoms with Gasteiger partial charge in [0.1, 0.15) is 4.88 Å². The van der Waals surface area contributed by atoms with Gasteiger partial charge in [0.2, 0.25) is 0 Å². The van der Waals surface area contributed by atoms with Crippen LogP contribution in [0.2, 0.25) is 0 Å². The highest BCUT2D eigenvalue weighted by atomic mass is 32.1. The van der Waals surface area contributed by atoms with Gasteiger partial charge in [-0.15, -0.1) is 11.3 Å². The quantitative estimate of drug-likeness (QED) is 0.744. The van der Waals surface area contributed by atoms with Gasteiger partial charge in [-0.25, -0.2) is 0 Å². The summed E-state index contributed by atoms with van der Waals surface area (Å²) < 4.78 is 0. The topological polar surface area (TPSA) is 81.1 Å². The van der Waals surface area contributed by atoms with E-state index in [0.717, 1.165) is 10.6 Å². The van der Waals surface area contributed by atoms with E-state index < -0.39 is 5.91 Å². The van der Waals surface area contributed by atoms with Gasteiger partial charge < -0.3 is 16.8 Å². The lowest BCUT2D eigenvalue weighted by Crippen LogP contribution is -2.18. The number of carbonyl (C=O) groups is 1. The third kappa shape index (κ3) is 2.77. The molecule has 0 saturated heterocycles. The molecule has 5 N–H and O–H groups in total. The average molecular weight is 293 g/mol. The number of nitrogens with two attached hydrogens (primary N) is 2. The Kier molecular flexibility index (Phi) is 3.87. The smallest absolute Gasteiger partial charge is 0.260 e. The van der Waals surface area contributed by atoms with Crippen LogP contribution in [0.3, 0.4) is 0 Å². The summed E-state index contributed by atoms with van der Waals surface area (Å²) in [5.74, 6) is 0.135. The Morgan fingerprint density at radius 2 is 1.75 bits per heavy atom. The number of anilines is 2. The van der Waals surface area contributed by atoms with E-state index in [1.54, 1.807) is 0 Å². The number of hydrogen-bond donors (Lipinski definition) is 3. The number of primary amides is 1. The van der Waals surface area contributed by atoms with E-state index in [0.29, 0.717) is 22.5 Å². The standard InChI is InChI=1S/C15H23N3OS/c16-12-11(9-7-8-9)15(20-13(12)14(17)19)18-10-5-3-1-2-4-6-10/h9-10,18H,1-8,16H2,(H2,17,19). The Balaban J connectivity index is 1.83. The van der Waals surface area contributed by atoms with Gasteiger partial charge in [0.05, 0.1) is 10.7 Å². The largest absolute Gasteiger partial charge is 0.397 e. The molecule has 2 saturated carbocycles. The Bertz CT molecular complexity index is 499. The molecule has 1 aromatic rings. The van der Waals surface area contributed by atoms with Crippen LogP contribution in [-0.4, -0.2) is 11.9 Å². The maximum Gasteiger partial charge on any atom is 0.260 e. The second-order valence-corrected chi connectivity index (χ2v) is 7.08. The minimum absolute atomic E-state index is 0.400. The van der Waals surface area contributed by atoms with Crippen LogP contribution in [-0.2, 0) is 0 Å². The molecule has 2 aliphatic carbocycles. The van der Waals surface area contributed by atoms with Gasteiger partial charge in [-0.3, -0.25) is 4.79 Å². The van der Waals surface area contributed by atoms with Gasteiger partial charge in [0, 0.05) is 11.6 Å². The fourth-order valence-corrected chi connectivity index (χ4v) is 4.27. The first kappa shape index (κ1) is 13.7. The first-order valence-corrected chi connectivity index (χ1v) is 8.47. The molecular formula is C15H23N3OS. The molecule has 1 aromatic heterocycles. The Morgan fingerprint density at radius 1 is 1.10 bits per heavy atom. The van der Waals surface area contributed by atoms with E-state index in [1.807, 2.05) is 0 Å². The average Bonchev–Trinajstić information content (AvgIpc) is 3.20. The fraction of sp³-hybridized carbons (Fsp3) is 0.667. The summed E-state index contributed by atoms with van der Waals surface area (Å²) in [5, 5.41) is 4.76. The summed E-state index contributed by atoms with van der Waals surface area (Å²) in [6.07, 6.45) is 10.1. The molecule has 1 heterocycles. The molecule has 0 bridgehead atoms. The molecule has 3 rings (SSSR count). The summed E-state index contributed by atoms with van der Waals surface area (Å²) in [6.45, 7) is 0. The van der Waals surface area contributed by atoms with Crippen molar-refractivity contribution in [3.8, 4) is 0 Å². The number of thiophene rings is 1. The number of hydrogen-bond acceptors (Lipinski definition) is 4. The molecule has 1 amide bonds. The summed E-state index contributed by atoms with van der Waals surface area (Å²) in [4.78, 5) is 12.0. The zero-order chi connectivity index (χ0) is 14.1. The lowest BCUT2D eigenvalue weighted by Gasteiger charge is -2.17. The predicted molar refractivity (Wildman–Crippen MR) is 84.3 cm³/mol. The monoisotopic (exact) mass is 293 g/mol. The molecule has 0 spiro atoms. The lowest BCUT2D eigenvalue weighted by atomic mass is 10.1. The fourth-order valence-electron chi connectivity index (χ4n) is 3.13. The van der Waals surface area contributed by atoms with Crippen molar-refractivity contribution in [1.82, 2.24) is 0 Å². The van der Waals surface area contributed by atoms with Gasteiger partial charge in [-0.2, -0.15) is 0 Å².